The van der Waals surface area contributed by atoms with Crippen LogP contribution in [0.25, 0.3) is 32.7 Å². The van der Waals surface area contributed by atoms with Crippen molar-refractivity contribution in [3.05, 3.63) is 121 Å². The highest BCUT2D eigenvalue weighted by molar-refractivity contribution is 7.01. The lowest BCUT2D eigenvalue weighted by Gasteiger charge is -2.29. The molecule has 0 atom stereocenters. The third-order valence-corrected chi connectivity index (χ3v) is 15.6. The second-order valence-electron chi connectivity index (χ2n) is 11.7. The van der Waals surface area contributed by atoms with Crippen LogP contribution in [0.4, 0.5) is 0 Å². The fourth-order valence-electron chi connectivity index (χ4n) is 6.15. The van der Waals surface area contributed by atoms with Crippen LogP contribution in [-0.4, -0.2) is 26.4 Å². The lowest BCUT2D eigenvalue weighted by molar-refractivity contribution is 0.474. The van der Waals surface area contributed by atoms with Crippen LogP contribution in [0, 0.1) is 0 Å². The molecule has 0 saturated carbocycles. The van der Waals surface area contributed by atoms with E-state index >= 15 is 0 Å². The maximum Gasteiger partial charge on any atom is 0.123 e. The third kappa shape index (κ3) is 4.15. The van der Waals surface area contributed by atoms with Gasteiger partial charge in [0.1, 0.15) is 27.6 Å². The fraction of sp³-hybridized carbons (Fsp3) is 0.111. The second kappa shape index (κ2) is 9.81. The molecule has 0 aliphatic carbocycles. The topological polar surface area (TPSA) is 40.5 Å². The molecule has 0 spiro atoms. The van der Waals surface area contributed by atoms with E-state index in [9.17, 15) is 10.2 Å². The van der Waals surface area contributed by atoms with Crippen molar-refractivity contribution in [3.63, 3.8) is 0 Å². The summed E-state index contributed by atoms with van der Waals surface area (Å²) in [6.45, 7) is 9.15. The Kier molecular flexibility index (Phi) is 6.40. The average molecular weight is 555 g/mol. The van der Waals surface area contributed by atoms with Crippen LogP contribution in [-0.2, 0) is 0 Å². The molecule has 0 aromatic heterocycles. The normalized spacial score (nSPS) is 12.2. The molecular formula is C36H34O2Si2. The minimum atomic E-state index is -2.29. The highest BCUT2D eigenvalue weighted by Gasteiger charge is 2.35. The van der Waals surface area contributed by atoms with Crippen molar-refractivity contribution in [2.24, 2.45) is 0 Å². The standard InChI is InChI=1S/C36H34O2Si2/c1-39(2,27-17-7-5-8-18-27)31-23-25-15-11-13-21-29(25)33(35(31)37)34-30-22-14-12-16-26(30)24-32(36(34)38)40(3,4)28-19-9-6-10-20-28/h5-24,37-38H,1-4H3. The zero-order valence-corrected chi connectivity index (χ0v) is 25.4. The number of hydrogen-bond donors (Lipinski definition) is 2. The van der Waals surface area contributed by atoms with E-state index in [1.54, 1.807) is 0 Å². The van der Waals surface area contributed by atoms with Crippen LogP contribution in [0.1, 0.15) is 0 Å². The molecular weight excluding hydrogens is 521 g/mol. The molecule has 0 fully saturated rings. The van der Waals surface area contributed by atoms with E-state index in [1.165, 1.54) is 10.4 Å². The zero-order valence-electron chi connectivity index (χ0n) is 23.4. The Morgan fingerprint density at radius 2 is 0.750 bits per heavy atom. The van der Waals surface area contributed by atoms with Gasteiger partial charge in [-0.25, -0.2) is 0 Å². The summed E-state index contributed by atoms with van der Waals surface area (Å²) in [7, 11) is -4.58. The van der Waals surface area contributed by atoms with Gasteiger partial charge in [-0.05, 0) is 31.9 Å². The lowest BCUT2D eigenvalue weighted by atomic mass is 9.92. The van der Waals surface area contributed by atoms with Crippen LogP contribution < -0.4 is 20.7 Å². The van der Waals surface area contributed by atoms with E-state index in [-0.39, 0.29) is 11.5 Å². The molecule has 4 heteroatoms. The van der Waals surface area contributed by atoms with Gasteiger partial charge >= 0.3 is 0 Å². The van der Waals surface area contributed by atoms with Crippen LogP contribution in [0.3, 0.4) is 0 Å². The maximum atomic E-state index is 12.3. The predicted molar refractivity (Wildman–Crippen MR) is 177 cm³/mol. The van der Waals surface area contributed by atoms with E-state index in [1.807, 2.05) is 36.4 Å². The molecule has 0 aliphatic rings. The van der Waals surface area contributed by atoms with Gasteiger partial charge in [0.05, 0.1) is 0 Å². The summed E-state index contributed by atoms with van der Waals surface area (Å²) in [4.78, 5) is 0. The summed E-state index contributed by atoms with van der Waals surface area (Å²) < 4.78 is 0. The lowest BCUT2D eigenvalue weighted by Crippen LogP contribution is -2.53. The van der Waals surface area contributed by atoms with Crippen molar-refractivity contribution < 1.29 is 10.2 Å². The van der Waals surface area contributed by atoms with Gasteiger partial charge < -0.3 is 10.2 Å². The molecule has 6 aromatic rings. The number of aromatic hydroxyl groups is 2. The average Bonchev–Trinajstić information content (AvgIpc) is 2.98. The fourth-order valence-corrected chi connectivity index (χ4v) is 11.3. The van der Waals surface area contributed by atoms with Gasteiger partial charge in [-0.15, -0.1) is 0 Å². The first-order valence-corrected chi connectivity index (χ1v) is 19.8. The minimum Gasteiger partial charge on any atom is -0.507 e. The number of phenolic OH excluding ortho intramolecular Hbond substituents is 2. The Balaban J connectivity index is 1.73. The van der Waals surface area contributed by atoms with E-state index in [4.69, 9.17) is 0 Å². The SMILES string of the molecule is C[Si](C)(c1ccccc1)c1cc2ccccc2c(-c2c(O)c([Si](C)(C)c3ccccc3)cc3ccccc23)c1O. The summed E-state index contributed by atoms with van der Waals surface area (Å²) in [5, 5.41) is 33.0. The third-order valence-electron chi connectivity index (χ3n) is 8.63. The number of benzene rings is 6. The number of phenols is 2. The van der Waals surface area contributed by atoms with Gasteiger partial charge in [0.2, 0.25) is 0 Å². The molecule has 0 amide bonds. The van der Waals surface area contributed by atoms with Gasteiger partial charge in [0, 0.05) is 11.1 Å². The first kappa shape index (κ1) is 26.1. The summed E-state index contributed by atoms with van der Waals surface area (Å²) >= 11 is 0. The van der Waals surface area contributed by atoms with Crippen molar-refractivity contribution in [1.29, 1.82) is 0 Å². The molecule has 198 valence electrons. The van der Waals surface area contributed by atoms with E-state index < -0.39 is 16.1 Å². The van der Waals surface area contributed by atoms with Gasteiger partial charge in [0.15, 0.2) is 0 Å². The van der Waals surface area contributed by atoms with Crippen molar-refractivity contribution in [3.8, 4) is 22.6 Å². The van der Waals surface area contributed by atoms with Crippen molar-refractivity contribution in [1.82, 2.24) is 0 Å². The number of hydrogen-bond acceptors (Lipinski definition) is 2. The van der Waals surface area contributed by atoms with Crippen LogP contribution in [0.5, 0.6) is 11.5 Å². The highest BCUT2D eigenvalue weighted by Crippen LogP contribution is 2.44. The van der Waals surface area contributed by atoms with Crippen LogP contribution in [0.2, 0.25) is 26.2 Å². The van der Waals surface area contributed by atoms with Gasteiger partial charge in [0.25, 0.3) is 0 Å². The largest absolute Gasteiger partial charge is 0.507 e. The van der Waals surface area contributed by atoms with Crippen LogP contribution in [0.15, 0.2) is 121 Å². The summed E-state index contributed by atoms with van der Waals surface area (Å²) in [5.41, 5.74) is 1.44. The smallest absolute Gasteiger partial charge is 0.123 e. The summed E-state index contributed by atoms with van der Waals surface area (Å²) in [6.07, 6.45) is 0. The monoisotopic (exact) mass is 554 g/mol. The zero-order chi connectivity index (χ0) is 28.1. The van der Waals surface area contributed by atoms with Crippen molar-refractivity contribution in [2.45, 2.75) is 26.2 Å². The van der Waals surface area contributed by atoms with E-state index in [0.717, 1.165) is 43.0 Å². The van der Waals surface area contributed by atoms with Gasteiger partial charge in [-0.1, -0.05) is 158 Å². The molecule has 0 bridgehead atoms. The first-order chi connectivity index (χ1) is 19.2. The van der Waals surface area contributed by atoms with E-state index in [0.29, 0.717) is 0 Å². The quantitative estimate of drug-likeness (QED) is 0.232. The predicted octanol–water partition coefficient (Wildman–Crippen LogP) is 6.72. The van der Waals surface area contributed by atoms with Gasteiger partial charge in [-0.3, -0.25) is 0 Å². The Bertz CT molecular complexity index is 1720. The van der Waals surface area contributed by atoms with Crippen LogP contribution >= 0.6 is 0 Å². The highest BCUT2D eigenvalue weighted by atomic mass is 28.3. The molecule has 40 heavy (non-hydrogen) atoms. The summed E-state index contributed by atoms with van der Waals surface area (Å²) in [6, 6.07) is 41.8. The Morgan fingerprint density at radius 1 is 0.425 bits per heavy atom. The second-order valence-corrected chi connectivity index (χ2v) is 20.5. The Labute approximate surface area is 238 Å². The maximum absolute atomic E-state index is 12.3. The Hall–Kier alpha value is -4.13. The first-order valence-electron chi connectivity index (χ1n) is 13.8. The molecule has 0 heterocycles. The molecule has 0 saturated heterocycles. The molecule has 2 nitrogen and oxygen atoms in total. The molecule has 2 N–H and O–H groups in total. The molecule has 0 aliphatic heterocycles. The molecule has 6 aromatic carbocycles. The molecule has 0 radical (unpaired) electrons. The van der Waals surface area contributed by atoms with Crippen molar-refractivity contribution in [2.75, 3.05) is 0 Å². The minimum absolute atomic E-state index is 0.274. The number of rotatable bonds is 5. The summed E-state index contributed by atoms with van der Waals surface area (Å²) in [5.74, 6) is 0.548. The molecule has 6 rings (SSSR count). The van der Waals surface area contributed by atoms with E-state index in [2.05, 4.69) is 111 Å². The van der Waals surface area contributed by atoms with Gasteiger partial charge in [-0.2, -0.15) is 0 Å². The molecule has 0 unspecified atom stereocenters. The Morgan fingerprint density at radius 3 is 1.12 bits per heavy atom. The van der Waals surface area contributed by atoms with Crippen molar-refractivity contribution >= 4 is 58.4 Å². The number of fused-ring (bicyclic) bond motifs is 2.